The quantitative estimate of drug-likeness (QED) is 0.873. The third kappa shape index (κ3) is 4.64. The minimum Gasteiger partial charge on any atom is -0.342 e. The number of amides is 2. The molecule has 1 atom stereocenters. The highest BCUT2D eigenvalue weighted by atomic mass is 35.5. The van der Waals surface area contributed by atoms with E-state index in [1.807, 2.05) is 24.0 Å². The summed E-state index contributed by atoms with van der Waals surface area (Å²) in [6.45, 7) is 4.60. The zero-order valence-electron chi connectivity index (χ0n) is 15.6. The molecule has 6 nitrogen and oxygen atoms in total. The van der Waals surface area contributed by atoms with Crippen molar-refractivity contribution in [1.29, 1.82) is 0 Å². The fourth-order valence-corrected chi connectivity index (χ4v) is 3.13. The molecular weight excluding hydrogens is 364 g/mol. The molecule has 0 bridgehead atoms. The topological polar surface area (TPSA) is 65.5 Å². The molecule has 1 unspecified atom stereocenters. The van der Waals surface area contributed by atoms with Crippen molar-refractivity contribution in [1.82, 2.24) is 20.1 Å². The Balaban J connectivity index is 0.00000261. The monoisotopic (exact) mass is 388 g/mol. The summed E-state index contributed by atoms with van der Waals surface area (Å²) in [5.41, 5.74) is 2.08. The second-order valence-electron chi connectivity index (χ2n) is 6.40. The lowest BCUT2D eigenvalue weighted by molar-refractivity contribution is 0.0634. The first-order chi connectivity index (χ1) is 12.6. The van der Waals surface area contributed by atoms with Gasteiger partial charge >= 0.3 is 0 Å². The summed E-state index contributed by atoms with van der Waals surface area (Å²) in [7, 11) is 1.76. The number of hydrogen-bond donors (Lipinski definition) is 1. The maximum atomic E-state index is 13.2. The van der Waals surface area contributed by atoms with E-state index in [0.717, 1.165) is 12.1 Å². The SMILES string of the molecule is CCN(C)C(=O)c1cccc(C(=O)N2CCNCC2c2cccnc2)c1.Cl. The number of nitrogens with one attached hydrogen (secondary N) is 1. The Morgan fingerprint density at radius 1 is 1.26 bits per heavy atom. The van der Waals surface area contributed by atoms with E-state index in [4.69, 9.17) is 0 Å². The highest BCUT2D eigenvalue weighted by molar-refractivity contribution is 5.99. The van der Waals surface area contributed by atoms with Crippen LogP contribution in [0.1, 0.15) is 39.2 Å². The third-order valence-corrected chi connectivity index (χ3v) is 4.75. The van der Waals surface area contributed by atoms with E-state index in [0.29, 0.717) is 30.8 Å². The van der Waals surface area contributed by atoms with Crippen LogP contribution < -0.4 is 5.32 Å². The lowest BCUT2D eigenvalue weighted by atomic mass is 10.0. The van der Waals surface area contributed by atoms with Gasteiger partial charge in [-0.15, -0.1) is 12.4 Å². The summed E-state index contributed by atoms with van der Waals surface area (Å²) >= 11 is 0. The van der Waals surface area contributed by atoms with E-state index in [2.05, 4.69) is 10.3 Å². The lowest BCUT2D eigenvalue weighted by Crippen LogP contribution is -2.48. The first-order valence-electron chi connectivity index (χ1n) is 8.89. The van der Waals surface area contributed by atoms with Gasteiger partial charge in [-0.05, 0) is 36.8 Å². The molecule has 0 radical (unpaired) electrons. The molecule has 2 aromatic rings. The average Bonchev–Trinajstić information content (AvgIpc) is 2.72. The maximum Gasteiger partial charge on any atom is 0.254 e. The van der Waals surface area contributed by atoms with Crippen LogP contribution in [0.3, 0.4) is 0 Å². The van der Waals surface area contributed by atoms with Crippen molar-refractivity contribution in [2.45, 2.75) is 13.0 Å². The van der Waals surface area contributed by atoms with Gasteiger partial charge in [-0.25, -0.2) is 0 Å². The summed E-state index contributed by atoms with van der Waals surface area (Å²) < 4.78 is 0. The standard InChI is InChI=1S/C20H24N4O2.ClH/c1-3-23(2)19(25)15-6-4-7-16(12-15)20(26)24-11-10-22-14-18(24)17-8-5-9-21-13-17;/h4-9,12-13,18,22H,3,10-11,14H2,1-2H3;1H. The molecule has 1 N–H and O–H groups in total. The number of nitrogens with zero attached hydrogens (tertiary/aromatic N) is 3. The molecule has 144 valence electrons. The number of benzene rings is 1. The average molecular weight is 389 g/mol. The van der Waals surface area contributed by atoms with Gasteiger partial charge in [0.2, 0.25) is 0 Å². The van der Waals surface area contributed by atoms with Gasteiger partial charge in [0.15, 0.2) is 0 Å². The molecule has 2 heterocycles. The molecule has 1 aliphatic rings. The number of halogens is 1. The van der Waals surface area contributed by atoms with Gasteiger partial charge in [0.05, 0.1) is 6.04 Å². The molecule has 1 aromatic heterocycles. The maximum absolute atomic E-state index is 13.2. The van der Waals surface area contributed by atoms with Crippen LogP contribution >= 0.6 is 12.4 Å². The van der Waals surface area contributed by atoms with Crippen LogP contribution in [0.15, 0.2) is 48.8 Å². The van der Waals surface area contributed by atoms with Crippen LogP contribution in [0.5, 0.6) is 0 Å². The van der Waals surface area contributed by atoms with Gasteiger partial charge < -0.3 is 15.1 Å². The number of carbonyl (C=O) groups is 2. The zero-order chi connectivity index (χ0) is 18.5. The number of carbonyl (C=O) groups excluding carboxylic acids is 2. The summed E-state index contributed by atoms with van der Waals surface area (Å²) in [6, 6.07) is 10.8. The molecular formula is C20H25ClN4O2. The van der Waals surface area contributed by atoms with Crippen LogP contribution in [-0.2, 0) is 0 Å². The summed E-state index contributed by atoms with van der Waals surface area (Å²) in [5, 5.41) is 3.34. The molecule has 1 aliphatic heterocycles. The number of rotatable bonds is 4. The number of hydrogen-bond acceptors (Lipinski definition) is 4. The van der Waals surface area contributed by atoms with Gasteiger partial charge in [-0.3, -0.25) is 14.6 Å². The van der Waals surface area contributed by atoms with Gasteiger partial charge in [0, 0.05) is 56.7 Å². The summed E-state index contributed by atoms with van der Waals surface area (Å²) in [5.74, 6) is -0.138. The van der Waals surface area contributed by atoms with Crippen LogP contribution in [0, 0.1) is 0 Å². The normalized spacial score (nSPS) is 16.4. The van der Waals surface area contributed by atoms with Crippen LogP contribution in [-0.4, -0.2) is 59.8 Å². The number of aromatic nitrogens is 1. The molecule has 1 aromatic carbocycles. The van der Waals surface area contributed by atoms with Crippen molar-refractivity contribution in [2.24, 2.45) is 0 Å². The molecule has 3 rings (SSSR count). The predicted molar refractivity (Wildman–Crippen MR) is 107 cm³/mol. The van der Waals surface area contributed by atoms with E-state index in [1.165, 1.54) is 0 Å². The van der Waals surface area contributed by atoms with Gasteiger partial charge in [-0.2, -0.15) is 0 Å². The van der Waals surface area contributed by atoms with Crippen molar-refractivity contribution < 1.29 is 9.59 Å². The Morgan fingerprint density at radius 2 is 2.04 bits per heavy atom. The largest absolute Gasteiger partial charge is 0.342 e. The van der Waals surface area contributed by atoms with Crippen LogP contribution in [0.4, 0.5) is 0 Å². The van der Waals surface area contributed by atoms with Gasteiger partial charge in [-0.1, -0.05) is 12.1 Å². The zero-order valence-corrected chi connectivity index (χ0v) is 16.4. The van der Waals surface area contributed by atoms with E-state index >= 15 is 0 Å². The molecule has 2 amide bonds. The van der Waals surface area contributed by atoms with E-state index in [1.54, 1.807) is 48.6 Å². The van der Waals surface area contributed by atoms with E-state index in [-0.39, 0.29) is 30.3 Å². The smallest absolute Gasteiger partial charge is 0.254 e. The predicted octanol–water partition coefficient (Wildman–Crippen LogP) is 2.38. The minimum atomic E-state index is -0.0775. The Hall–Kier alpha value is -2.44. The second kappa shape index (κ2) is 9.48. The van der Waals surface area contributed by atoms with Crippen molar-refractivity contribution in [2.75, 3.05) is 33.2 Å². The molecule has 27 heavy (non-hydrogen) atoms. The highest BCUT2D eigenvalue weighted by Crippen LogP contribution is 2.24. The molecule has 7 heteroatoms. The van der Waals surface area contributed by atoms with Crippen molar-refractivity contribution in [3.05, 3.63) is 65.5 Å². The third-order valence-electron chi connectivity index (χ3n) is 4.75. The van der Waals surface area contributed by atoms with Gasteiger partial charge in [0.1, 0.15) is 0 Å². The Morgan fingerprint density at radius 3 is 2.74 bits per heavy atom. The molecule has 1 saturated heterocycles. The molecule has 0 aliphatic carbocycles. The summed E-state index contributed by atoms with van der Waals surface area (Å²) in [6.07, 6.45) is 3.53. The van der Waals surface area contributed by atoms with Crippen molar-refractivity contribution >= 4 is 24.2 Å². The van der Waals surface area contributed by atoms with E-state index in [9.17, 15) is 9.59 Å². The fourth-order valence-electron chi connectivity index (χ4n) is 3.13. The Labute approximate surface area is 166 Å². The van der Waals surface area contributed by atoms with Crippen molar-refractivity contribution in [3.8, 4) is 0 Å². The van der Waals surface area contributed by atoms with Crippen molar-refractivity contribution in [3.63, 3.8) is 0 Å². The molecule has 1 fully saturated rings. The Kier molecular flexibility index (Phi) is 7.33. The lowest BCUT2D eigenvalue weighted by Gasteiger charge is -2.36. The van der Waals surface area contributed by atoms with Crippen LogP contribution in [0.2, 0.25) is 0 Å². The minimum absolute atomic E-state index is 0. The van der Waals surface area contributed by atoms with Gasteiger partial charge in [0.25, 0.3) is 11.8 Å². The first-order valence-corrected chi connectivity index (χ1v) is 8.89. The number of piperazine rings is 1. The highest BCUT2D eigenvalue weighted by Gasteiger charge is 2.29. The fraction of sp³-hybridized carbons (Fsp3) is 0.350. The second-order valence-corrected chi connectivity index (χ2v) is 6.40. The van der Waals surface area contributed by atoms with Crippen LogP contribution in [0.25, 0.3) is 0 Å². The number of pyridine rings is 1. The first kappa shape index (κ1) is 20.9. The van der Waals surface area contributed by atoms with E-state index < -0.39 is 0 Å². The molecule has 0 spiro atoms. The summed E-state index contributed by atoms with van der Waals surface area (Å²) in [4.78, 5) is 33.2. The molecule has 0 saturated carbocycles. The Bertz CT molecular complexity index is 785.